The van der Waals surface area contributed by atoms with Crippen molar-refractivity contribution in [1.29, 1.82) is 5.26 Å². The number of rotatable bonds is 3. The van der Waals surface area contributed by atoms with Crippen LogP contribution in [0.25, 0.3) is 0 Å². The molecule has 0 aliphatic carbocycles. The number of nitro groups is 1. The highest BCUT2D eigenvalue weighted by Gasteiger charge is 2.18. The van der Waals surface area contributed by atoms with Crippen molar-refractivity contribution in [2.75, 3.05) is 0 Å². The number of pyridine rings is 1. The van der Waals surface area contributed by atoms with E-state index < -0.39 is 16.4 Å². The Labute approximate surface area is 136 Å². The molecule has 0 spiro atoms. The van der Waals surface area contributed by atoms with Crippen LogP contribution in [0.15, 0.2) is 33.2 Å². The van der Waals surface area contributed by atoms with Gasteiger partial charge in [0.2, 0.25) is 5.88 Å². The van der Waals surface area contributed by atoms with Crippen molar-refractivity contribution in [1.82, 2.24) is 4.57 Å². The Hall–Kier alpha value is -3.54. The van der Waals surface area contributed by atoms with Gasteiger partial charge in [-0.25, -0.2) is 0 Å². The number of benzene rings is 1. The van der Waals surface area contributed by atoms with Gasteiger partial charge in [0.1, 0.15) is 11.6 Å². The fraction of sp³-hybridized carbons (Fsp3) is 0.200. The van der Waals surface area contributed by atoms with Crippen LogP contribution in [0.4, 0.5) is 17.1 Å². The molecule has 0 aliphatic rings. The molecule has 1 heterocycles. The summed E-state index contributed by atoms with van der Waals surface area (Å²) in [6, 6.07) is 6.16. The standard InChI is InChI=1S/C15H13N5O4/c1-8-4-5-11(12(6-8)20(23)24)17-18-13-9(2)10(7-16)14(21)19(3)15(13)22/h4-6,22H,1-3H3/b18-17+. The maximum Gasteiger partial charge on any atom is 0.296 e. The molecule has 2 aromatic rings. The zero-order valence-electron chi connectivity index (χ0n) is 13.1. The van der Waals surface area contributed by atoms with Gasteiger partial charge in [-0.1, -0.05) is 6.07 Å². The summed E-state index contributed by atoms with van der Waals surface area (Å²) in [4.78, 5) is 22.4. The van der Waals surface area contributed by atoms with Gasteiger partial charge in [0.15, 0.2) is 11.4 Å². The van der Waals surface area contributed by atoms with Gasteiger partial charge in [0.05, 0.1) is 4.92 Å². The number of hydrogen-bond donors (Lipinski definition) is 1. The molecule has 122 valence electrons. The molecule has 1 aromatic carbocycles. The number of nitro benzene ring substituents is 1. The first-order valence-electron chi connectivity index (χ1n) is 6.77. The van der Waals surface area contributed by atoms with Crippen LogP contribution in [-0.4, -0.2) is 14.6 Å². The molecular weight excluding hydrogens is 314 g/mol. The van der Waals surface area contributed by atoms with Crippen molar-refractivity contribution < 1.29 is 10.0 Å². The molecule has 0 radical (unpaired) electrons. The minimum Gasteiger partial charge on any atom is -0.493 e. The lowest BCUT2D eigenvalue weighted by Gasteiger charge is -2.08. The Morgan fingerprint density at radius 3 is 2.58 bits per heavy atom. The fourth-order valence-corrected chi connectivity index (χ4v) is 2.09. The summed E-state index contributed by atoms with van der Waals surface area (Å²) >= 11 is 0. The van der Waals surface area contributed by atoms with Crippen molar-refractivity contribution in [3.05, 3.63) is 55.4 Å². The monoisotopic (exact) mass is 327 g/mol. The van der Waals surface area contributed by atoms with Crippen LogP contribution in [0.5, 0.6) is 5.88 Å². The van der Waals surface area contributed by atoms with E-state index in [1.807, 2.05) is 0 Å². The van der Waals surface area contributed by atoms with Crippen molar-refractivity contribution in [3.63, 3.8) is 0 Å². The van der Waals surface area contributed by atoms with Gasteiger partial charge < -0.3 is 5.11 Å². The second-order valence-electron chi connectivity index (χ2n) is 5.10. The highest BCUT2D eigenvalue weighted by atomic mass is 16.6. The molecular formula is C15H13N5O4. The van der Waals surface area contributed by atoms with E-state index in [-0.39, 0.29) is 28.2 Å². The molecule has 9 nitrogen and oxygen atoms in total. The fourth-order valence-electron chi connectivity index (χ4n) is 2.09. The van der Waals surface area contributed by atoms with Crippen LogP contribution in [0, 0.1) is 35.3 Å². The van der Waals surface area contributed by atoms with Gasteiger partial charge in [-0.15, -0.1) is 10.2 Å². The first-order valence-corrected chi connectivity index (χ1v) is 6.77. The summed E-state index contributed by atoms with van der Waals surface area (Å²) in [5.41, 5.74) is -0.331. The van der Waals surface area contributed by atoms with Crippen LogP contribution < -0.4 is 5.56 Å². The predicted octanol–water partition coefficient (Wildman–Crippen LogP) is 2.90. The van der Waals surface area contributed by atoms with E-state index in [1.165, 1.54) is 26.1 Å². The Bertz CT molecular complexity index is 969. The van der Waals surface area contributed by atoms with Crippen molar-refractivity contribution in [2.24, 2.45) is 17.3 Å². The van der Waals surface area contributed by atoms with Gasteiger partial charge in [0.25, 0.3) is 11.2 Å². The number of aryl methyl sites for hydroxylation is 1. The highest BCUT2D eigenvalue weighted by molar-refractivity contribution is 5.61. The minimum atomic E-state index is -0.659. The van der Waals surface area contributed by atoms with Crippen molar-refractivity contribution in [2.45, 2.75) is 13.8 Å². The first-order chi connectivity index (χ1) is 11.3. The number of nitriles is 1. The second-order valence-corrected chi connectivity index (χ2v) is 5.10. The largest absolute Gasteiger partial charge is 0.493 e. The molecule has 0 bridgehead atoms. The average Bonchev–Trinajstić information content (AvgIpc) is 2.54. The second kappa shape index (κ2) is 6.29. The summed E-state index contributed by atoms with van der Waals surface area (Å²) in [6.45, 7) is 3.15. The van der Waals surface area contributed by atoms with Crippen LogP contribution in [0.2, 0.25) is 0 Å². The molecule has 0 saturated carbocycles. The molecule has 1 aromatic heterocycles. The molecule has 1 N–H and O–H groups in total. The third kappa shape index (κ3) is 2.85. The Kier molecular flexibility index (Phi) is 4.41. The Morgan fingerprint density at radius 1 is 1.33 bits per heavy atom. The number of nitrogens with zero attached hydrogens (tertiary/aromatic N) is 5. The SMILES string of the molecule is Cc1ccc(/N=N/c2c(C)c(C#N)c(=O)n(C)c2O)c([N+](=O)[O-])c1. The number of aromatic nitrogens is 1. The van der Waals surface area contributed by atoms with E-state index >= 15 is 0 Å². The lowest BCUT2D eigenvalue weighted by atomic mass is 10.1. The maximum absolute atomic E-state index is 11.9. The van der Waals surface area contributed by atoms with Gasteiger partial charge in [-0.2, -0.15) is 5.26 Å². The molecule has 0 saturated heterocycles. The minimum absolute atomic E-state index is 0.00300. The molecule has 0 fully saturated rings. The van der Waals surface area contributed by atoms with Crippen molar-refractivity contribution in [3.8, 4) is 11.9 Å². The number of hydrogen-bond acceptors (Lipinski definition) is 7. The smallest absolute Gasteiger partial charge is 0.296 e. The highest BCUT2D eigenvalue weighted by Crippen LogP contribution is 2.34. The molecule has 0 aliphatic heterocycles. The van der Waals surface area contributed by atoms with Gasteiger partial charge in [-0.05, 0) is 25.5 Å². The van der Waals surface area contributed by atoms with Crippen LogP contribution in [0.3, 0.4) is 0 Å². The van der Waals surface area contributed by atoms with Crippen LogP contribution in [0.1, 0.15) is 16.7 Å². The molecule has 0 amide bonds. The van der Waals surface area contributed by atoms with Gasteiger partial charge in [-0.3, -0.25) is 19.5 Å². The third-order valence-electron chi connectivity index (χ3n) is 3.48. The molecule has 9 heteroatoms. The van der Waals surface area contributed by atoms with E-state index in [2.05, 4.69) is 10.2 Å². The van der Waals surface area contributed by atoms with E-state index in [0.717, 1.165) is 4.57 Å². The molecule has 0 atom stereocenters. The Morgan fingerprint density at radius 2 is 2.00 bits per heavy atom. The number of aromatic hydroxyl groups is 1. The van der Waals surface area contributed by atoms with Crippen molar-refractivity contribution >= 4 is 17.1 Å². The summed E-state index contributed by atoms with van der Waals surface area (Å²) in [6.07, 6.45) is 0. The van der Waals surface area contributed by atoms with Gasteiger partial charge >= 0.3 is 0 Å². The molecule has 2 rings (SSSR count). The van der Waals surface area contributed by atoms with E-state index in [1.54, 1.807) is 19.1 Å². The van der Waals surface area contributed by atoms with E-state index in [4.69, 9.17) is 5.26 Å². The van der Waals surface area contributed by atoms with Crippen LogP contribution >= 0.6 is 0 Å². The zero-order valence-corrected chi connectivity index (χ0v) is 13.1. The number of azo groups is 1. The maximum atomic E-state index is 11.9. The van der Waals surface area contributed by atoms with E-state index in [0.29, 0.717) is 5.56 Å². The average molecular weight is 327 g/mol. The predicted molar refractivity (Wildman–Crippen MR) is 84.8 cm³/mol. The van der Waals surface area contributed by atoms with Gasteiger partial charge in [0, 0.05) is 18.7 Å². The third-order valence-corrected chi connectivity index (χ3v) is 3.48. The summed E-state index contributed by atoms with van der Waals surface area (Å²) in [5.74, 6) is -0.477. The van der Waals surface area contributed by atoms with Crippen LogP contribution in [-0.2, 0) is 7.05 Å². The lowest BCUT2D eigenvalue weighted by molar-refractivity contribution is -0.384. The Balaban J connectivity index is 2.64. The molecule has 0 unspecified atom stereocenters. The topological polar surface area (TPSA) is 134 Å². The summed E-state index contributed by atoms with van der Waals surface area (Å²) in [5, 5.41) is 37.8. The molecule has 24 heavy (non-hydrogen) atoms. The quantitative estimate of drug-likeness (QED) is 0.525. The first kappa shape index (κ1) is 16.8. The normalized spacial score (nSPS) is 10.8. The zero-order chi connectivity index (χ0) is 18.0. The summed E-state index contributed by atoms with van der Waals surface area (Å²) in [7, 11) is 1.28. The lowest BCUT2D eigenvalue weighted by Crippen LogP contribution is -2.20. The van der Waals surface area contributed by atoms with E-state index in [9.17, 15) is 20.0 Å². The summed E-state index contributed by atoms with van der Waals surface area (Å²) < 4.78 is 0.865.